The second kappa shape index (κ2) is 5.04. The van der Waals surface area contributed by atoms with E-state index < -0.39 is 0 Å². The van der Waals surface area contributed by atoms with Crippen LogP contribution in [0.25, 0.3) is 0 Å². The van der Waals surface area contributed by atoms with E-state index in [1.165, 1.54) is 5.56 Å². The van der Waals surface area contributed by atoms with E-state index in [0.717, 1.165) is 29.9 Å². The van der Waals surface area contributed by atoms with Crippen molar-refractivity contribution in [1.29, 1.82) is 0 Å². The molecule has 0 saturated heterocycles. The Kier molecular flexibility index (Phi) is 3.77. The zero-order valence-electron chi connectivity index (χ0n) is 12.6. The molecule has 0 radical (unpaired) electrons. The number of rotatable bonds is 5. The van der Waals surface area contributed by atoms with Gasteiger partial charge in [0.25, 0.3) is 0 Å². The summed E-state index contributed by atoms with van der Waals surface area (Å²) in [6.45, 7) is 6.41. The molecule has 1 saturated carbocycles. The van der Waals surface area contributed by atoms with Gasteiger partial charge in [0, 0.05) is 22.6 Å². The molecule has 1 aliphatic carbocycles. The average Bonchev–Trinajstić information content (AvgIpc) is 3.17. The predicted molar refractivity (Wildman–Crippen MR) is 78.2 cm³/mol. The molecule has 3 heteroatoms. The van der Waals surface area contributed by atoms with Crippen LogP contribution in [0.3, 0.4) is 0 Å². The van der Waals surface area contributed by atoms with Gasteiger partial charge in [0.15, 0.2) is 0 Å². The van der Waals surface area contributed by atoms with Gasteiger partial charge in [-0.3, -0.25) is 0 Å². The van der Waals surface area contributed by atoms with Crippen LogP contribution in [0, 0.1) is 0 Å². The number of benzene rings is 1. The number of ether oxygens (including phenoxy) is 2. The van der Waals surface area contributed by atoms with E-state index in [-0.39, 0.29) is 11.5 Å². The number of hydrogen-bond acceptors (Lipinski definition) is 3. The monoisotopic (exact) mass is 263 g/mol. The SMILES string of the molecule is COc1ccc(C2(C(C)N)CC2)c(OC)c1C(C)C. The molecular formula is C16H25NO2. The molecule has 2 N–H and O–H groups in total. The van der Waals surface area contributed by atoms with E-state index >= 15 is 0 Å². The van der Waals surface area contributed by atoms with E-state index in [1.807, 2.05) is 0 Å². The summed E-state index contributed by atoms with van der Waals surface area (Å²) >= 11 is 0. The van der Waals surface area contributed by atoms with Crippen molar-refractivity contribution in [3.8, 4) is 11.5 Å². The fourth-order valence-electron chi connectivity index (χ4n) is 3.02. The highest BCUT2D eigenvalue weighted by atomic mass is 16.5. The van der Waals surface area contributed by atoms with Crippen molar-refractivity contribution in [2.24, 2.45) is 5.73 Å². The minimum absolute atomic E-state index is 0.0985. The molecular weight excluding hydrogens is 238 g/mol. The summed E-state index contributed by atoms with van der Waals surface area (Å²) in [7, 11) is 3.44. The van der Waals surface area contributed by atoms with Crippen LogP contribution in [-0.2, 0) is 5.41 Å². The van der Waals surface area contributed by atoms with Crippen molar-refractivity contribution < 1.29 is 9.47 Å². The maximum atomic E-state index is 6.20. The standard InChI is InChI=1S/C16H25NO2/c1-10(2)14-13(18-4)7-6-12(15(14)19-5)16(8-9-16)11(3)17/h6-7,10-11H,8-9,17H2,1-5H3. The number of methoxy groups -OCH3 is 2. The zero-order chi connectivity index (χ0) is 14.2. The van der Waals surface area contributed by atoms with Crippen LogP contribution in [0.15, 0.2) is 12.1 Å². The predicted octanol–water partition coefficient (Wildman–Crippen LogP) is 3.21. The molecule has 1 aliphatic rings. The number of nitrogens with two attached hydrogens (primary N) is 1. The largest absolute Gasteiger partial charge is 0.496 e. The van der Waals surface area contributed by atoms with Crippen LogP contribution in [0.1, 0.15) is 50.7 Å². The summed E-state index contributed by atoms with van der Waals surface area (Å²) in [4.78, 5) is 0. The Balaban J connectivity index is 2.61. The van der Waals surface area contributed by atoms with Crippen LogP contribution in [0.5, 0.6) is 11.5 Å². The van der Waals surface area contributed by atoms with Crippen LogP contribution in [0.2, 0.25) is 0 Å². The molecule has 1 fully saturated rings. The Labute approximate surface area is 116 Å². The van der Waals surface area contributed by atoms with Crippen molar-refractivity contribution >= 4 is 0 Å². The van der Waals surface area contributed by atoms with Gasteiger partial charge in [0.2, 0.25) is 0 Å². The van der Waals surface area contributed by atoms with Crippen LogP contribution in [0.4, 0.5) is 0 Å². The Morgan fingerprint density at radius 2 is 1.74 bits per heavy atom. The quantitative estimate of drug-likeness (QED) is 0.887. The van der Waals surface area contributed by atoms with E-state index in [4.69, 9.17) is 15.2 Å². The van der Waals surface area contributed by atoms with Crippen molar-refractivity contribution in [2.75, 3.05) is 14.2 Å². The molecule has 1 unspecified atom stereocenters. The highest BCUT2D eigenvalue weighted by Crippen LogP contribution is 2.55. The third kappa shape index (κ3) is 2.20. The summed E-state index contributed by atoms with van der Waals surface area (Å²) in [6.07, 6.45) is 2.29. The van der Waals surface area contributed by atoms with Gasteiger partial charge in [-0.2, -0.15) is 0 Å². The van der Waals surface area contributed by atoms with Gasteiger partial charge >= 0.3 is 0 Å². The third-order valence-corrected chi connectivity index (χ3v) is 4.35. The van der Waals surface area contributed by atoms with Crippen LogP contribution in [-0.4, -0.2) is 20.3 Å². The van der Waals surface area contributed by atoms with Crippen molar-refractivity contribution in [2.45, 2.75) is 51.0 Å². The minimum Gasteiger partial charge on any atom is -0.496 e. The van der Waals surface area contributed by atoms with Gasteiger partial charge in [-0.1, -0.05) is 19.9 Å². The first kappa shape index (κ1) is 14.2. The highest BCUT2D eigenvalue weighted by molar-refractivity contribution is 5.56. The summed E-state index contributed by atoms with van der Waals surface area (Å²) < 4.78 is 11.2. The molecule has 0 spiro atoms. The van der Waals surface area contributed by atoms with Gasteiger partial charge in [-0.05, 0) is 31.7 Å². The maximum Gasteiger partial charge on any atom is 0.129 e. The molecule has 0 heterocycles. The number of hydrogen-bond donors (Lipinski definition) is 1. The molecule has 0 aliphatic heterocycles. The molecule has 2 rings (SSSR count). The highest BCUT2D eigenvalue weighted by Gasteiger charge is 2.49. The zero-order valence-corrected chi connectivity index (χ0v) is 12.6. The van der Waals surface area contributed by atoms with Crippen molar-refractivity contribution in [3.05, 3.63) is 23.3 Å². The molecule has 3 nitrogen and oxygen atoms in total. The van der Waals surface area contributed by atoms with E-state index in [1.54, 1.807) is 14.2 Å². The van der Waals surface area contributed by atoms with Gasteiger partial charge < -0.3 is 15.2 Å². The topological polar surface area (TPSA) is 44.5 Å². The van der Waals surface area contributed by atoms with Crippen LogP contribution >= 0.6 is 0 Å². The summed E-state index contributed by atoms with van der Waals surface area (Å²) in [5.41, 5.74) is 8.69. The molecule has 106 valence electrons. The summed E-state index contributed by atoms with van der Waals surface area (Å²) in [6, 6.07) is 4.32. The Bertz CT molecular complexity index is 462. The molecule has 0 bridgehead atoms. The average molecular weight is 263 g/mol. The Morgan fingerprint density at radius 1 is 1.11 bits per heavy atom. The van der Waals surface area contributed by atoms with Gasteiger partial charge in [0.05, 0.1) is 14.2 Å². The lowest BCUT2D eigenvalue weighted by Gasteiger charge is -2.26. The third-order valence-electron chi connectivity index (χ3n) is 4.35. The minimum atomic E-state index is 0.0985. The first-order chi connectivity index (χ1) is 8.97. The second-order valence-corrected chi connectivity index (χ2v) is 5.86. The first-order valence-corrected chi connectivity index (χ1v) is 6.99. The van der Waals surface area contributed by atoms with Crippen molar-refractivity contribution in [3.63, 3.8) is 0 Å². The van der Waals surface area contributed by atoms with Crippen LogP contribution < -0.4 is 15.2 Å². The van der Waals surface area contributed by atoms with Gasteiger partial charge in [-0.15, -0.1) is 0 Å². The fraction of sp³-hybridized carbons (Fsp3) is 0.625. The molecule has 1 aromatic rings. The van der Waals surface area contributed by atoms with Crippen molar-refractivity contribution in [1.82, 2.24) is 0 Å². The van der Waals surface area contributed by atoms with Gasteiger partial charge in [-0.25, -0.2) is 0 Å². The first-order valence-electron chi connectivity index (χ1n) is 6.99. The van der Waals surface area contributed by atoms with E-state index in [9.17, 15) is 0 Å². The lowest BCUT2D eigenvalue weighted by atomic mass is 9.85. The Morgan fingerprint density at radius 3 is 2.11 bits per heavy atom. The maximum absolute atomic E-state index is 6.20. The lowest BCUT2D eigenvalue weighted by molar-refractivity contribution is 0.372. The molecule has 1 atom stereocenters. The van der Waals surface area contributed by atoms with E-state index in [2.05, 4.69) is 32.9 Å². The summed E-state index contributed by atoms with van der Waals surface area (Å²) in [5.74, 6) is 2.22. The Hall–Kier alpha value is -1.22. The molecule has 0 aromatic heterocycles. The molecule has 1 aromatic carbocycles. The lowest BCUT2D eigenvalue weighted by Crippen LogP contribution is -2.32. The van der Waals surface area contributed by atoms with Gasteiger partial charge in [0.1, 0.15) is 11.5 Å². The molecule has 19 heavy (non-hydrogen) atoms. The van der Waals surface area contributed by atoms with E-state index in [0.29, 0.717) is 5.92 Å². The smallest absolute Gasteiger partial charge is 0.129 e. The summed E-state index contributed by atoms with van der Waals surface area (Å²) in [5, 5.41) is 0. The molecule has 0 amide bonds. The second-order valence-electron chi connectivity index (χ2n) is 5.86. The fourth-order valence-corrected chi connectivity index (χ4v) is 3.02. The normalized spacial score (nSPS) is 18.3.